The normalized spacial score (nSPS) is 9.25. The van der Waals surface area contributed by atoms with Crippen LogP contribution in [0.1, 0.15) is 0 Å². The summed E-state index contributed by atoms with van der Waals surface area (Å²) in [5.41, 5.74) is 3.87. The lowest BCUT2D eigenvalue weighted by Crippen LogP contribution is -2.30. The third kappa shape index (κ3) is 1.34. The first kappa shape index (κ1) is 8.07. The molecular weight excluding hydrogens is 160 g/mol. The van der Waals surface area contributed by atoms with Crippen LogP contribution in [-0.4, -0.2) is 9.55 Å². The molecule has 62 valence electrons. The van der Waals surface area contributed by atoms with Gasteiger partial charge in [-0.2, -0.15) is 5.26 Å². The monoisotopic (exact) mass is 166 g/mol. The summed E-state index contributed by atoms with van der Waals surface area (Å²) in [4.78, 5) is 23.6. The number of anilines is 1. The summed E-state index contributed by atoms with van der Waals surface area (Å²) in [5, 5.41) is 8.26. The van der Waals surface area contributed by atoms with E-state index in [4.69, 9.17) is 11.0 Å². The lowest BCUT2D eigenvalue weighted by Gasteiger charge is -1.98. The van der Waals surface area contributed by atoms with E-state index in [2.05, 4.69) is 0 Å². The van der Waals surface area contributed by atoms with Gasteiger partial charge in [0.15, 0.2) is 0 Å². The van der Waals surface area contributed by atoms with Gasteiger partial charge in [0.05, 0.1) is 6.07 Å². The zero-order valence-electron chi connectivity index (χ0n) is 6.07. The number of aromatic nitrogens is 2. The predicted molar refractivity (Wildman–Crippen MR) is 41.3 cm³/mol. The second-order valence-electron chi connectivity index (χ2n) is 2.13. The topological polar surface area (TPSA) is 105 Å². The van der Waals surface area contributed by atoms with Crippen LogP contribution < -0.4 is 17.0 Å². The summed E-state index contributed by atoms with van der Waals surface area (Å²) in [6.07, 6.45) is 1.14. The quantitative estimate of drug-likeness (QED) is 0.537. The molecule has 1 heterocycles. The molecule has 1 rings (SSSR count). The summed E-state index contributed by atoms with van der Waals surface area (Å²) in [7, 11) is 0. The molecule has 3 N–H and O–H groups in total. The van der Waals surface area contributed by atoms with E-state index in [1.54, 1.807) is 6.07 Å². The largest absolute Gasteiger partial charge is 0.393 e. The highest BCUT2D eigenvalue weighted by Crippen LogP contribution is 1.85. The fourth-order valence-corrected chi connectivity index (χ4v) is 0.720. The summed E-state index contributed by atoms with van der Waals surface area (Å²) in [6.45, 7) is -0.125. The Morgan fingerprint density at radius 1 is 1.67 bits per heavy atom. The van der Waals surface area contributed by atoms with Crippen molar-refractivity contribution in [3.8, 4) is 6.07 Å². The lowest BCUT2D eigenvalue weighted by atomic mass is 10.5. The van der Waals surface area contributed by atoms with E-state index in [1.165, 1.54) is 0 Å². The first-order valence-electron chi connectivity index (χ1n) is 3.11. The van der Waals surface area contributed by atoms with Crippen LogP contribution in [0.25, 0.3) is 0 Å². The fourth-order valence-electron chi connectivity index (χ4n) is 0.720. The summed E-state index contributed by atoms with van der Waals surface area (Å²) >= 11 is 0. The van der Waals surface area contributed by atoms with Crippen molar-refractivity contribution in [1.82, 2.24) is 9.55 Å². The van der Waals surface area contributed by atoms with E-state index in [9.17, 15) is 9.59 Å². The molecule has 1 aromatic rings. The minimum absolute atomic E-state index is 0.0788. The van der Waals surface area contributed by atoms with Gasteiger partial charge >= 0.3 is 5.69 Å². The lowest BCUT2D eigenvalue weighted by molar-refractivity contribution is 0.747. The number of rotatable bonds is 1. The molecule has 0 radical (unpaired) electrons. The number of nitrogen functional groups attached to an aromatic ring is 1. The number of hydrogen-bond acceptors (Lipinski definition) is 4. The van der Waals surface area contributed by atoms with Crippen molar-refractivity contribution in [2.24, 2.45) is 0 Å². The third-order valence-corrected chi connectivity index (χ3v) is 1.28. The van der Waals surface area contributed by atoms with Crippen LogP contribution in [0.15, 0.2) is 15.8 Å². The summed E-state index contributed by atoms with van der Waals surface area (Å²) in [5.74, 6) is 0. The van der Waals surface area contributed by atoms with Crippen molar-refractivity contribution in [2.75, 3.05) is 5.73 Å². The molecule has 1 aromatic heterocycles. The van der Waals surface area contributed by atoms with Crippen LogP contribution in [0.2, 0.25) is 0 Å². The molecule has 0 bridgehead atoms. The second kappa shape index (κ2) is 2.92. The Morgan fingerprint density at radius 2 is 2.33 bits per heavy atom. The molecule has 0 aliphatic heterocycles. The molecule has 12 heavy (non-hydrogen) atoms. The maximum absolute atomic E-state index is 10.9. The fraction of sp³-hybridized carbons (Fsp3) is 0.167. The minimum Gasteiger partial charge on any atom is -0.393 e. The molecular formula is C6H6N4O2. The molecule has 0 unspecified atom stereocenters. The number of nitrogens with two attached hydrogens (primary N) is 1. The molecule has 0 atom stereocenters. The third-order valence-electron chi connectivity index (χ3n) is 1.28. The zero-order valence-corrected chi connectivity index (χ0v) is 6.07. The average Bonchev–Trinajstić information content (AvgIpc) is 2.01. The highest BCUT2D eigenvalue weighted by Gasteiger charge is 1.98. The molecule has 6 nitrogen and oxygen atoms in total. The van der Waals surface area contributed by atoms with Gasteiger partial charge in [-0.15, -0.1) is 0 Å². The molecule has 0 saturated heterocycles. The molecule has 6 heteroatoms. The number of aromatic amines is 1. The smallest absolute Gasteiger partial charge is 0.329 e. The van der Waals surface area contributed by atoms with E-state index < -0.39 is 11.2 Å². The Balaban J connectivity index is 3.35. The van der Waals surface area contributed by atoms with Gasteiger partial charge < -0.3 is 5.73 Å². The summed E-state index contributed by atoms with van der Waals surface area (Å²) in [6, 6.07) is 1.76. The molecule has 0 spiro atoms. The number of nitrogens with zero attached hydrogens (tertiary/aromatic N) is 2. The van der Waals surface area contributed by atoms with Gasteiger partial charge in [-0.1, -0.05) is 0 Å². The molecule has 0 aliphatic carbocycles. The first-order chi connectivity index (χ1) is 5.65. The van der Waals surface area contributed by atoms with Crippen molar-refractivity contribution >= 4 is 5.69 Å². The van der Waals surface area contributed by atoms with Gasteiger partial charge in [0.25, 0.3) is 5.56 Å². The van der Waals surface area contributed by atoms with Gasteiger partial charge in [0.2, 0.25) is 0 Å². The van der Waals surface area contributed by atoms with Crippen LogP contribution in [0.3, 0.4) is 0 Å². The Bertz CT molecular complexity index is 436. The van der Waals surface area contributed by atoms with Crippen molar-refractivity contribution in [2.45, 2.75) is 6.54 Å². The Morgan fingerprint density at radius 3 is 2.92 bits per heavy atom. The van der Waals surface area contributed by atoms with Gasteiger partial charge in [0.1, 0.15) is 12.2 Å². The average molecular weight is 166 g/mol. The predicted octanol–water partition coefficient (Wildman–Crippen LogP) is -1.36. The van der Waals surface area contributed by atoms with E-state index >= 15 is 0 Å². The van der Waals surface area contributed by atoms with Gasteiger partial charge in [-0.3, -0.25) is 14.3 Å². The minimum atomic E-state index is -0.630. The van der Waals surface area contributed by atoms with Crippen LogP contribution in [0.4, 0.5) is 5.69 Å². The van der Waals surface area contributed by atoms with E-state index in [1.807, 2.05) is 4.98 Å². The van der Waals surface area contributed by atoms with Gasteiger partial charge in [0, 0.05) is 6.20 Å². The number of nitriles is 1. The van der Waals surface area contributed by atoms with Crippen LogP contribution in [0.5, 0.6) is 0 Å². The van der Waals surface area contributed by atoms with Gasteiger partial charge in [-0.05, 0) is 0 Å². The van der Waals surface area contributed by atoms with E-state index in [0.29, 0.717) is 0 Å². The first-order valence-corrected chi connectivity index (χ1v) is 3.11. The van der Waals surface area contributed by atoms with Crippen LogP contribution >= 0.6 is 0 Å². The molecule has 0 aliphatic rings. The zero-order chi connectivity index (χ0) is 9.14. The van der Waals surface area contributed by atoms with Crippen molar-refractivity contribution in [1.29, 1.82) is 5.26 Å². The highest BCUT2D eigenvalue weighted by molar-refractivity contribution is 5.30. The van der Waals surface area contributed by atoms with E-state index in [-0.39, 0.29) is 12.2 Å². The van der Waals surface area contributed by atoms with Crippen molar-refractivity contribution in [3.63, 3.8) is 0 Å². The maximum Gasteiger partial charge on any atom is 0.329 e. The van der Waals surface area contributed by atoms with Crippen molar-refractivity contribution in [3.05, 3.63) is 27.0 Å². The number of H-pyrrole nitrogens is 1. The molecule has 0 saturated carbocycles. The Labute approximate surface area is 66.9 Å². The van der Waals surface area contributed by atoms with E-state index in [0.717, 1.165) is 10.8 Å². The maximum atomic E-state index is 10.9. The Kier molecular flexibility index (Phi) is 1.96. The molecule has 0 aromatic carbocycles. The molecule has 0 fully saturated rings. The Hall–Kier alpha value is -2.03. The highest BCUT2D eigenvalue weighted by atomic mass is 16.2. The number of hydrogen-bond donors (Lipinski definition) is 2. The van der Waals surface area contributed by atoms with Gasteiger partial charge in [-0.25, -0.2) is 4.79 Å². The van der Waals surface area contributed by atoms with Crippen LogP contribution in [-0.2, 0) is 6.54 Å². The standard InChI is InChI=1S/C6H6N4O2/c7-1-2-10-3-4(8)5(11)9-6(10)12/h3H,2,8H2,(H,9,11,12). The molecule has 0 amide bonds. The van der Waals surface area contributed by atoms with Crippen molar-refractivity contribution < 1.29 is 0 Å². The summed E-state index contributed by atoms with van der Waals surface area (Å²) < 4.78 is 1.02. The SMILES string of the molecule is N#CCn1cc(N)c(=O)[nH]c1=O. The second-order valence-corrected chi connectivity index (χ2v) is 2.13. The van der Waals surface area contributed by atoms with Crippen LogP contribution in [0, 0.1) is 11.3 Å². The number of nitrogens with one attached hydrogen (secondary N) is 1.